The van der Waals surface area contributed by atoms with Crippen LogP contribution in [-0.2, 0) is 14.8 Å². The zero-order chi connectivity index (χ0) is 22.3. The number of carbonyl (C=O) groups excluding carboxylic acids is 1. The van der Waals surface area contributed by atoms with Crippen molar-refractivity contribution in [3.63, 3.8) is 0 Å². The molecule has 2 fully saturated rings. The molecule has 2 aliphatic rings. The van der Waals surface area contributed by atoms with Gasteiger partial charge in [-0.25, -0.2) is 12.8 Å². The lowest BCUT2D eigenvalue weighted by Gasteiger charge is -2.31. The van der Waals surface area contributed by atoms with E-state index in [1.165, 1.54) is 17.5 Å². The second kappa shape index (κ2) is 8.24. The SMILES string of the molecule is COc1cc(C)c(C)cc1S(=O)(=O)N1[C@@H](c2ccccc2F)C[C@@H]2NC(=O)CCC[C@H]21. The first kappa shape index (κ1) is 21.8. The minimum absolute atomic E-state index is 0.0654. The molecule has 2 heterocycles. The predicted molar refractivity (Wildman–Crippen MR) is 115 cm³/mol. The van der Waals surface area contributed by atoms with Gasteiger partial charge in [0.2, 0.25) is 15.9 Å². The summed E-state index contributed by atoms with van der Waals surface area (Å²) in [5.41, 5.74) is 2.06. The number of aryl methyl sites for hydroxylation is 2. The summed E-state index contributed by atoms with van der Waals surface area (Å²) in [5, 5.41) is 2.96. The van der Waals surface area contributed by atoms with E-state index in [0.29, 0.717) is 31.2 Å². The molecule has 4 rings (SSSR count). The number of sulfonamides is 1. The molecule has 1 amide bonds. The quantitative estimate of drug-likeness (QED) is 0.778. The van der Waals surface area contributed by atoms with Gasteiger partial charge in [-0.1, -0.05) is 18.2 Å². The van der Waals surface area contributed by atoms with Gasteiger partial charge < -0.3 is 10.1 Å². The van der Waals surface area contributed by atoms with Gasteiger partial charge in [0.05, 0.1) is 13.2 Å². The predicted octanol–water partition coefficient (Wildman–Crippen LogP) is 3.62. The Hall–Kier alpha value is -2.45. The summed E-state index contributed by atoms with van der Waals surface area (Å²) in [5.74, 6) is -0.290. The van der Waals surface area contributed by atoms with E-state index in [4.69, 9.17) is 4.74 Å². The first-order valence-electron chi connectivity index (χ1n) is 10.5. The van der Waals surface area contributed by atoms with Crippen molar-refractivity contribution in [3.05, 3.63) is 58.9 Å². The van der Waals surface area contributed by atoms with Crippen LogP contribution in [0.25, 0.3) is 0 Å². The molecule has 2 aromatic carbocycles. The Morgan fingerprint density at radius 1 is 1.16 bits per heavy atom. The number of halogens is 1. The van der Waals surface area contributed by atoms with Crippen molar-refractivity contribution in [3.8, 4) is 5.75 Å². The minimum Gasteiger partial charge on any atom is -0.495 e. The number of ether oxygens (including phenoxy) is 1. The van der Waals surface area contributed by atoms with Crippen molar-refractivity contribution in [1.82, 2.24) is 9.62 Å². The maximum atomic E-state index is 14.8. The molecule has 3 atom stereocenters. The van der Waals surface area contributed by atoms with Crippen molar-refractivity contribution in [1.29, 1.82) is 0 Å². The molecule has 0 radical (unpaired) electrons. The maximum Gasteiger partial charge on any atom is 0.247 e. The third-order valence-electron chi connectivity index (χ3n) is 6.43. The number of benzene rings is 2. The Morgan fingerprint density at radius 3 is 2.58 bits per heavy atom. The van der Waals surface area contributed by atoms with Crippen LogP contribution in [0.3, 0.4) is 0 Å². The van der Waals surface area contributed by atoms with Gasteiger partial charge in [0, 0.05) is 24.1 Å². The molecule has 8 heteroatoms. The molecule has 31 heavy (non-hydrogen) atoms. The number of nitrogens with one attached hydrogen (secondary N) is 1. The van der Waals surface area contributed by atoms with Crippen LogP contribution >= 0.6 is 0 Å². The van der Waals surface area contributed by atoms with E-state index in [0.717, 1.165) is 11.1 Å². The smallest absolute Gasteiger partial charge is 0.247 e. The number of hydrogen-bond acceptors (Lipinski definition) is 4. The van der Waals surface area contributed by atoms with Gasteiger partial charge in [0.15, 0.2) is 0 Å². The molecule has 0 aliphatic carbocycles. The summed E-state index contributed by atoms with van der Waals surface area (Å²) in [6.45, 7) is 3.74. The van der Waals surface area contributed by atoms with Crippen LogP contribution in [0.2, 0.25) is 0 Å². The Labute approximate surface area is 182 Å². The fraction of sp³-hybridized carbons (Fsp3) is 0.435. The van der Waals surface area contributed by atoms with E-state index in [9.17, 15) is 17.6 Å². The summed E-state index contributed by atoms with van der Waals surface area (Å²) in [7, 11) is -2.61. The monoisotopic (exact) mass is 446 g/mol. The second-order valence-corrected chi connectivity index (χ2v) is 10.1. The van der Waals surface area contributed by atoms with Crippen LogP contribution in [0.5, 0.6) is 5.75 Å². The van der Waals surface area contributed by atoms with Gasteiger partial charge in [0.1, 0.15) is 16.5 Å². The van der Waals surface area contributed by atoms with Crippen molar-refractivity contribution >= 4 is 15.9 Å². The number of nitrogens with zero attached hydrogens (tertiary/aromatic N) is 1. The fourth-order valence-electron chi connectivity index (χ4n) is 4.74. The van der Waals surface area contributed by atoms with Gasteiger partial charge >= 0.3 is 0 Å². The summed E-state index contributed by atoms with van der Waals surface area (Å²) in [4.78, 5) is 12.2. The first-order valence-corrected chi connectivity index (χ1v) is 11.9. The molecule has 0 spiro atoms. The van der Waals surface area contributed by atoms with Crippen molar-refractivity contribution in [2.75, 3.05) is 7.11 Å². The standard InChI is InChI=1S/C23H27FN2O4S/c1-14-11-21(30-3)22(12-15(14)2)31(28,29)26-19-9-6-10-23(27)25-18(19)13-20(26)16-7-4-5-8-17(16)24/h4-5,7-8,11-12,18-20H,6,9-10,13H2,1-3H3,(H,25,27)/t18-,19+,20+/m0/s1. The third-order valence-corrected chi connectivity index (χ3v) is 8.38. The van der Waals surface area contributed by atoms with Crippen LogP contribution in [0.1, 0.15) is 48.4 Å². The highest BCUT2D eigenvalue weighted by Crippen LogP contribution is 2.45. The number of rotatable bonds is 4. The molecule has 2 saturated heterocycles. The lowest BCUT2D eigenvalue weighted by molar-refractivity contribution is -0.121. The molecule has 6 nitrogen and oxygen atoms in total. The molecular weight excluding hydrogens is 419 g/mol. The van der Waals surface area contributed by atoms with E-state index in [-0.39, 0.29) is 22.6 Å². The van der Waals surface area contributed by atoms with Gasteiger partial charge in [-0.2, -0.15) is 4.31 Å². The maximum absolute atomic E-state index is 14.8. The zero-order valence-electron chi connectivity index (χ0n) is 17.9. The normalized spacial score (nSPS) is 24.4. The van der Waals surface area contributed by atoms with Gasteiger partial charge in [0.25, 0.3) is 0 Å². The van der Waals surface area contributed by atoms with Crippen LogP contribution < -0.4 is 10.1 Å². The molecule has 1 N–H and O–H groups in total. The molecule has 166 valence electrons. The zero-order valence-corrected chi connectivity index (χ0v) is 18.7. The Balaban J connectivity index is 1.88. The van der Waals surface area contributed by atoms with Crippen LogP contribution in [0, 0.1) is 19.7 Å². The summed E-state index contributed by atoms with van der Waals surface area (Å²) in [6.07, 6.45) is 1.79. The molecule has 0 aromatic heterocycles. The summed E-state index contributed by atoms with van der Waals surface area (Å²) < 4.78 is 49.7. The van der Waals surface area contributed by atoms with Crippen LogP contribution in [-0.4, -0.2) is 37.8 Å². The molecular formula is C23H27FN2O4S. The minimum atomic E-state index is -4.05. The molecule has 0 saturated carbocycles. The molecule has 2 aromatic rings. The summed E-state index contributed by atoms with van der Waals surface area (Å²) in [6, 6.07) is 8.03. The topological polar surface area (TPSA) is 75.7 Å². The lowest BCUT2D eigenvalue weighted by Crippen LogP contribution is -2.45. The third kappa shape index (κ3) is 3.83. The van der Waals surface area contributed by atoms with Crippen LogP contribution in [0.4, 0.5) is 4.39 Å². The molecule has 0 unspecified atom stereocenters. The average molecular weight is 447 g/mol. The molecule has 0 bridgehead atoms. The number of methoxy groups -OCH3 is 1. The van der Waals surface area contributed by atoms with Crippen molar-refractivity contribution < 1.29 is 22.3 Å². The largest absolute Gasteiger partial charge is 0.495 e. The fourth-order valence-corrected chi connectivity index (χ4v) is 6.83. The lowest BCUT2D eigenvalue weighted by atomic mass is 10.0. The van der Waals surface area contributed by atoms with E-state index in [1.807, 2.05) is 13.8 Å². The average Bonchev–Trinajstić information content (AvgIpc) is 2.98. The van der Waals surface area contributed by atoms with E-state index < -0.39 is 27.9 Å². The van der Waals surface area contributed by atoms with Crippen molar-refractivity contribution in [2.24, 2.45) is 0 Å². The second-order valence-electron chi connectivity index (χ2n) is 8.33. The number of fused-ring (bicyclic) bond motifs is 1. The number of amides is 1. The van der Waals surface area contributed by atoms with Gasteiger partial charge in [-0.3, -0.25) is 4.79 Å². The highest BCUT2D eigenvalue weighted by Gasteiger charge is 2.50. The highest BCUT2D eigenvalue weighted by atomic mass is 32.2. The molecule has 2 aliphatic heterocycles. The van der Waals surface area contributed by atoms with Crippen molar-refractivity contribution in [2.45, 2.75) is 62.6 Å². The van der Waals surface area contributed by atoms with Crippen LogP contribution in [0.15, 0.2) is 41.3 Å². The number of hydrogen-bond donors (Lipinski definition) is 1. The number of carbonyl (C=O) groups is 1. The highest BCUT2D eigenvalue weighted by molar-refractivity contribution is 7.89. The van der Waals surface area contributed by atoms with Gasteiger partial charge in [-0.15, -0.1) is 0 Å². The first-order chi connectivity index (χ1) is 14.7. The summed E-state index contributed by atoms with van der Waals surface area (Å²) >= 11 is 0. The Kier molecular flexibility index (Phi) is 5.79. The van der Waals surface area contributed by atoms with E-state index in [2.05, 4.69) is 5.32 Å². The van der Waals surface area contributed by atoms with E-state index in [1.54, 1.807) is 30.3 Å². The van der Waals surface area contributed by atoms with Gasteiger partial charge in [-0.05, 0) is 62.4 Å². The van der Waals surface area contributed by atoms with E-state index >= 15 is 0 Å². The Morgan fingerprint density at radius 2 is 1.87 bits per heavy atom. The Bertz CT molecular complexity index is 1120.